The highest BCUT2D eigenvalue weighted by Gasteiger charge is 2.44. The van der Waals surface area contributed by atoms with Gasteiger partial charge in [0.2, 0.25) is 0 Å². The van der Waals surface area contributed by atoms with Gasteiger partial charge in [-0.2, -0.15) is 0 Å². The number of aliphatic hydroxyl groups is 1. The van der Waals surface area contributed by atoms with Gasteiger partial charge in [0, 0.05) is 0 Å². The number of carbonyl (C=O) groups excluding carboxylic acids is 1. The molecule has 2 aromatic rings. The number of aryl methyl sites for hydroxylation is 1. The summed E-state index contributed by atoms with van der Waals surface area (Å²) in [6.07, 6.45) is 0. The molecule has 0 saturated carbocycles. The summed E-state index contributed by atoms with van der Waals surface area (Å²) in [6.45, 7) is 1.33. The van der Waals surface area contributed by atoms with Crippen molar-refractivity contribution in [3.8, 4) is 0 Å². The minimum absolute atomic E-state index is 0.100. The summed E-state index contributed by atoms with van der Waals surface area (Å²) < 4.78 is 42.1. The number of hydrogen-bond donors (Lipinski definition) is 4. The van der Waals surface area contributed by atoms with Crippen LogP contribution in [0.15, 0.2) is 30.3 Å². The number of carbonyl (C=O) groups is 1. The molecule has 1 aliphatic heterocycles. The summed E-state index contributed by atoms with van der Waals surface area (Å²) in [6, 6.07) is 6.07. The van der Waals surface area contributed by atoms with Gasteiger partial charge >= 0.3 is 0 Å². The molecule has 9 heteroatoms. The van der Waals surface area contributed by atoms with Crippen LogP contribution in [0.4, 0.5) is 24.5 Å². The lowest BCUT2D eigenvalue weighted by Gasteiger charge is -2.46. The molecule has 2 aromatic carbocycles. The molecule has 1 aliphatic rings. The molecular weight excluding hydrogens is 363 g/mol. The van der Waals surface area contributed by atoms with E-state index in [2.05, 4.69) is 5.32 Å². The molecule has 27 heavy (non-hydrogen) atoms. The van der Waals surface area contributed by atoms with Gasteiger partial charge in [-0.25, -0.2) is 18.7 Å². The van der Waals surface area contributed by atoms with Gasteiger partial charge in [-0.05, 0) is 36.8 Å². The monoisotopic (exact) mass is 381 g/mol. The van der Waals surface area contributed by atoms with E-state index in [4.69, 9.17) is 5.21 Å². The van der Waals surface area contributed by atoms with Crippen molar-refractivity contribution in [1.29, 1.82) is 0 Å². The van der Waals surface area contributed by atoms with E-state index in [-0.39, 0.29) is 30.9 Å². The number of hydrogen-bond acceptors (Lipinski definition) is 5. The molecular formula is C18H18F3N3O3. The van der Waals surface area contributed by atoms with Crippen molar-refractivity contribution in [3.63, 3.8) is 0 Å². The third-order valence-corrected chi connectivity index (χ3v) is 4.38. The SMILES string of the molecule is Cc1ccc(Nc2c(C(=O)N3CC(O)(CNO)C3)ccc(F)c2F)c(F)c1. The van der Waals surface area contributed by atoms with E-state index < -0.39 is 34.6 Å². The summed E-state index contributed by atoms with van der Waals surface area (Å²) in [5.74, 6) is -3.84. The second-order valence-corrected chi connectivity index (χ2v) is 6.61. The Labute approximate surface area is 153 Å². The summed E-state index contributed by atoms with van der Waals surface area (Å²) in [4.78, 5) is 13.9. The Morgan fingerprint density at radius 1 is 1.19 bits per heavy atom. The first kappa shape index (κ1) is 19.2. The van der Waals surface area contributed by atoms with E-state index in [1.54, 1.807) is 13.0 Å². The molecule has 1 saturated heterocycles. The van der Waals surface area contributed by atoms with Crippen LogP contribution in [0.2, 0.25) is 0 Å². The molecule has 0 spiro atoms. The van der Waals surface area contributed by atoms with Gasteiger partial charge < -0.3 is 20.5 Å². The summed E-state index contributed by atoms with van der Waals surface area (Å²) in [7, 11) is 0. The zero-order valence-electron chi connectivity index (χ0n) is 14.4. The lowest BCUT2D eigenvalue weighted by molar-refractivity contribution is -0.0940. The van der Waals surface area contributed by atoms with E-state index in [0.29, 0.717) is 5.56 Å². The minimum atomic E-state index is -1.31. The zero-order chi connectivity index (χ0) is 19.8. The highest BCUT2D eigenvalue weighted by molar-refractivity contribution is 6.01. The van der Waals surface area contributed by atoms with Crippen LogP contribution in [0, 0.1) is 24.4 Å². The molecule has 3 rings (SSSR count). The fraction of sp³-hybridized carbons (Fsp3) is 0.278. The summed E-state index contributed by atoms with van der Waals surface area (Å²) >= 11 is 0. The van der Waals surface area contributed by atoms with Gasteiger partial charge in [0.25, 0.3) is 5.91 Å². The van der Waals surface area contributed by atoms with Crippen LogP contribution in [0.5, 0.6) is 0 Å². The Morgan fingerprint density at radius 2 is 1.89 bits per heavy atom. The number of likely N-dealkylation sites (tertiary alicyclic amines) is 1. The Morgan fingerprint density at radius 3 is 2.52 bits per heavy atom. The second-order valence-electron chi connectivity index (χ2n) is 6.61. The van der Waals surface area contributed by atoms with Crippen LogP contribution < -0.4 is 10.8 Å². The Kier molecular flexibility index (Phi) is 5.09. The van der Waals surface area contributed by atoms with Crippen molar-refractivity contribution in [2.75, 3.05) is 25.0 Å². The van der Waals surface area contributed by atoms with E-state index >= 15 is 0 Å². The Hall–Kier alpha value is -2.62. The average molecular weight is 381 g/mol. The number of hydroxylamine groups is 1. The van der Waals surface area contributed by atoms with Crippen molar-refractivity contribution in [1.82, 2.24) is 10.4 Å². The highest BCUT2D eigenvalue weighted by atomic mass is 19.2. The van der Waals surface area contributed by atoms with Crippen LogP contribution in [0.1, 0.15) is 15.9 Å². The standard InChI is InChI=1S/C18H18F3N3O3/c1-10-2-5-14(13(20)6-10)23-16-11(3-4-12(19)15(16)21)17(25)24-8-18(26,9-24)7-22-27/h2-6,22-23,26-27H,7-9H2,1H3. The normalized spacial score (nSPS) is 15.4. The van der Waals surface area contributed by atoms with E-state index in [9.17, 15) is 23.1 Å². The molecule has 1 fully saturated rings. The number of halogens is 3. The maximum atomic E-state index is 14.4. The van der Waals surface area contributed by atoms with Gasteiger partial charge in [0.1, 0.15) is 11.4 Å². The van der Waals surface area contributed by atoms with E-state index in [0.717, 1.165) is 12.1 Å². The van der Waals surface area contributed by atoms with Crippen LogP contribution in [0.25, 0.3) is 0 Å². The first-order valence-corrected chi connectivity index (χ1v) is 8.14. The number of nitrogens with zero attached hydrogens (tertiary/aromatic N) is 1. The van der Waals surface area contributed by atoms with Crippen molar-refractivity contribution >= 4 is 17.3 Å². The summed E-state index contributed by atoms with van der Waals surface area (Å²) in [5, 5.41) is 21.2. The average Bonchev–Trinajstić information content (AvgIpc) is 2.58. The second kappa shape index (κ2) is 7.18. The van der Waals surface area contributed by atoms with E-state index in [1.807, 2.05) is 5.48 Å². The third kappa shape index (κ3) is 3.75. The minimum Gasteiger partial charge on any atom is -0.385 e. The van der Waals surface area contributed by atoms with Crippen LogP contribution in [0.3, 0.4) is 0 Å². The third-order valence-electron chi connectivity index (χ3n) is 4.38. The number of nitrogens with one attached hydrogen (secondary N) is 2. The fourth-order valence-corrected chi connectivity index (χ4v) is 2.94. The number of amides is 1. The first-order chi connectivity index (χ1) is 12.7. The molecule has 4 N–H and O–H groups in total. The van der Waals surface area contributed by atoms with Crippen molar-refractivity contribution < 1.29 is 28.3 Å². The molecule has 144 valence electrons. The number of β-amino-alcohol motifs (C(OH)–C–C–N with tert-alkyl or cyclic N) is 1. The molecule has 0 atom stereocenters. The van der Waals surface area contributed by atoms with Gasteiger partial charge in [-0.3, -0.25) is 4.79 Å². The molecule has 0 radical (unpaired) electrons. The molecule has 0 aliphatic carbocycles. The highest BCUT2D eigenvalue weighted by Crippen LogP contribution is 2.31. The fourth-order valence-electron chi connectivity index (χ4n) is 2.94. The number of rotatable bonds is 5. The van der Waals surface area contributed by atoms with Gasteiger partial charge in [-0.15, -0.1) is 0 Å². The maximum Gasteiger partial charge on any atom is 0.256 e. The molecule has 0 unspecified atom stereocenters. The predicted octanol–water partition coefficient (Wildman–Crippen LogP) is 2.32. The van der Waals surface area contributed by atoms with Crippen LogP contribution in [-0.2, 0) is 0 Å². The first-order valence-electron chi connectivity index (χ1n) is 8.14. The lowest BCUT2D eigenvalue weighted by Crippen LogP contribution is -2.67. The topological polar surface area (TPSA) is 84.8 Å². The van der Waals surface area contributed by atoms with E-state index in [1.165, 1.54) is 17.0 Å². The van der Waals surface area contributed by atoms with Crippen LogP contribution >= 0.6 is 0 Å². The zero-order valence-corrected chi connectivity index (χ0v) is 14.4. The Balaban J connectivity index is 1.90. The quantitative estimate of drug-likeness (QED) is 0.598. The smallest absolute Gasteiger partial charge is 0.256 e. The lowest BCUT2D eigenvalue weighted by atomic mass is 9.93. The van der Waals surface area contributed by atoms with Crippen molar-refractivity contribution in [2.24, 2.45) is 0 Å². The van der Waals surface area contributed by atoms with Crippen LogP contribution in [-0.4, -0.2) is 46.4 Å². The summed E-state index contributed by atoms with van der Waals surface area (Å²) in [5.41, 5.74) is 0.372. The molecule has 0 bridgehead atoms. The molecule has 0 aromatic heterocycles. The number of benzene rings is 2. The van der Waals surface area contributed by atoms with Crippen molar-refractivity contribution in [3.05, 3.63) is 58.9 Å². The molecule has 1 amide bonds. The largest absolute Gasteiger partial charge is 0.385 e. The van der Waals surface area contributed by atoms with Gasteiger partial charge in [-0.1, -0.05) is 6.07 Å². The molecule has 1 heterocycles. The molecule has 6 nitrogen and oxygen atoms in total. The Bertz CT molecular complexity index is 886. The van der Waals surface area contributed by atoms with Gasteiger partial charge in [0.05, 0.1) is 36.6 Å². The van der Waals surface area contributed by atoms with Crippen molar-refractivity contribution in [2.45, 2.75) is 12.5 Å². The maximum absolute atomic E-state index is 14.4. The number of anilines is 2. The van der Waals surface area contributed by atoms with Gasteiger partial charge in [0.15, 0.2) is 11.6 Å². The predicted molar refractivity (Wildman–Crippen MR) is 91.4 cm³/mol.